The Morgan fingerprint density at radius 3 is 2.75 bits per heavy atom. The molecule has 0 radical (unpaired) electrons. The molecular formula is C11H7ClFNO2. The van der Waals surface area contributed by atoms with E-state index >= 15 is 0 Å². The lowest BCUT2D eigenvalue weighted by Gasteiger charge is -2.13. The van der Waals surface area contributed by atoms with Gasteiger partial charge in [-0.3, -0.25) is 9.59 Å². The van der Waals surface area contributed by atoms with Crippen molar-refractivity contribution in [2.75, 3.05) is 11.4 Å². The molecule has 0 unspecified atom stereocenters. The third-order valence-electron chi connectivity index (χ3n) is 2.33. The molecule has 1 amide bonds. The number of Topliss-reactive ketones (excluding diaryl/α,β-unsaturated/α-hetero) is 1. The van der Waals surface area contributed by atoms with Crippen molar-refractivity contribution < 1.29 is 14.0 Å². The Morgan fingerprint density at radius 1 is 1.44 bits per heavy atom. The SMILES string of the molecule is C=CCN1C(=O)C(=O)c2cc(Cl)c(F)cc21. The molecule has 0 atom stereocenters. The number of hydrogen-bond donors (Lipinski definition) is 0. The van der Waals surface area contributed by atoms with Crippen LogP contribution in [0.5, 0.6) is 0 Å². The number of carbonyl (C=O) groups is 2. The van der Waals surface area contributed by atoms with Crippen LogP contribution >= 0.6 is 11.6 Å². The van der Waals surface area contributed by atoms with Gasteiger partial charge < -0.3 is 4.90 Å². The monoisotopic (exact) mass is 239 g/mol. The van der Waals surface area contributed by atoms with Crippen molar-refractivity contribution in [2.24, 2.45) is 0 Å². The topological polar surface area (TPSA) is 37.4 Å². The van der Waals surface area contributed by atoms with E-state index in [0.717, 1.165) is 6.07 Å². The number of anilines is 1. The predicted molar refractivity (Wildman–Crippen MR) is 58.3 cm³/mol. The van der Waals surface area contributed by atoms with E-state index in [1.807, 2.05) is 0 Å². The number of benzene rings is 1. The van der Waals surface area contributed by atoms with E-state index in [9.17, 15) is 14.0 Å². The minimum Gasteiger partial charge on any atom is -0.301 e. The number of amides is 1. The second kappa shape index (κ2) is 3.72. The van der Waals surface area contributed by atoms with Gasteiger partial charge in [-0.2, -0.15) is 0 Å². The first-order valence-electron chi connectivity index (χ1n) is 4.52. The lowest BCUT2D eigenvalue weighted by Crippen LogP contribution is -2.29. The number of fused-ring (bicyclic) bond motifs is 1. The first-order chi connectivity index (χ1) is 7.56. The first-order valence-corrected chi connectivity index (χ1v) is 4.90. The summed E-state index contributed by atoms with van der Waals surface area (Å²) in [6, 6.07) is 2.26. The molecule has 0 fully saturated rings. The Labute approximate surface area is 96.1 Å². The maximum atomic E-state index is 13.2. The summed E-state index contributed by atoms with van der Waals surface area (Å²) in [6.07, 6.45) is 1.47. The fraction of sp³-hybridized carbons (Fsp3) is 0.0909. The molecule has 1 aliphatic rings. The van der Waals surface area contributed by atoms with Crippen LogP contribution < -0.4 is 4.90 Å². The molecule has 0 aromatic heterocycles. The lowest BCUT2D eigenvalue weighted by molar-refractivity contribution is -0.114. The lowest BCUT2D eigenvalue weighted by atomic mass is 10.1. The number of rotatable bonds is 2. The first kappa shape index (κ1) is 10.8. The Bertz CT molecular complexity index is 513. The number of hydrogen-bond acceptors (Lipinski definition) is 2. The molecule has 1 aromatic rings. The van der Waals surface area contributed by atoms with Crippen molar-refractivity contribution in [3.63, 3.8) is 0 Å². The Morgan fingerprint density at radius 2 is 2.12 bits per heavy atom. The van der Waals surface area contributed by atoms with Gasteiger partial charge in [0.1, 0.15) is 5.82 Å². The molecule has 0 saturated carbocycles. The minimum atomic E-state index is -0.684. The summed E-state index contributed by atoms with van der Waals surface area (Å²) in [5.41, 5.74) is 0.384. The average molecular weight is 240 g/mol. The standard InChI is InChI=1S/C11H7ClFNO2/c1-2-3-14-9-5-8(13)7(12)4-6(9)10(15)11(14)16/h2,4-5H,1,3H2. The van der Waals surface area contributed by atoms with E-state index in [-0.39, 0.29) is 22.8 Å². The molecule has 0 aliphatic carbocycles. The molecule has 0 N–H and O–H groups in total. The molecule has 82 valence electrons. The van der Waals surface area contributed by atoms with Gasteiger partial charge in [-0.15, -0.1) is 6.58 Å². The Balaban J connectivity index is 2.61. The Kier molecular flexibility index (Phi) is 2.52. The summed E-state index contributed by atoms with van der Waals surface area (Å²) in [5.74, 6) is -2.01. The van der Waals surface area contributed by atoms with E-state index in [4.69, 9.17) is 11.6 Å². The maximum Gasteiger partial charge on any atom is 0.299 e. The summed E-state index contributed by atoms with van der Waals surface area (Å²) >= 11 is 5.55. The molecule has 0 bridgehead atoms. The van der Waals surface area contributed by atoms with Crippen LogP contribution in [-0.4, -0.2) is 18.2 Å². The van der Waals surface area contributed by atoms with Crippen LogP contribution in [-0.2, 0) is 4.79 Å². The van der Waals surface area contributed by atoms with Gasteiger partial charge in [-0.25, -0.2) is 4.39 Å². The van der Waals surface area contributed by atoms with Gasteiger partial charge >= 0.3 is 0 Å². The zero-order valence-electron chi connectivity index (χ0n) is 8.17. The number of nitrogens with zero attached hydrogens (tertiary/aromatic N) is 1. The van der Waals surface area contributed by atoms with Gasteiger partial charge in [0.25, 0.3) is 11.7 Å². The quantitative estimate of drug-likeness (QED) is 0.586. The third-order valence-corrected chi connectivity index (χ3v) is 2.61. The van der Waals surface area contributed by atoms with Crippen LogP contribution in [0.2, 0.25) is 5.02 Å². The van der Waals surface area contributed by atoms with Gasteiger partial charge in [0.15, 0.2) is 0 Å². The van der Waals surface area contributed by atoms with Crippen molar-refractivity contribution in [1.82, 2.24) is 0 Å². The van der Waals surface area contributed by atoms with E-state index < -0.39 is 17.5 Å². The maximum absolute atomic E-state index is 13.2. The fourth-order valence-corrected chi connectivity index (χ4v) is 1.76. The molecule has 3 nitrogen and oxygen atoms in total. The van der Waals surface area contributed by atoms with E-state index in [1.165, 1.54) is 17.0 Å². The van der Waals surface area contributed by atoms with E-state index in [0.29, 0.717) is 0 Å². The minimum absolute atomic E-state index is 0.137. The van der Waals surface area contributed by atoms with Gasteiger partial charge in [-0.05, 0) is 12.1 Å². The van der Waals surface area contributed by atoms with E-state index in [2.05, 4.69) is 6.58 Å². The van der Waals surface area contributed by atoms with Gasteiger partial charge in [-0.1, -0.05) is 17.7 Å². The molecule has 2 rings (SSSR count). The van der Waals surface area contributed by atoms with Gasteiger partial charge in [0.05, 0.1) is 16.3 Å². The van der Waals surface area contributed by atoms with Crippen molar-refractivity contribution >= 4 is 29.0 Å². The summed E-state index contributed by atoms with van der Waals surface area (Å²) in [6.45, 7) is 3.64. The van der Waals surface area contributed by atoms with E-state index in [1.54, 1.807) is 0 Å². The third kappa shape index (κ3) is 1.42. The van der Waals surface area contributed by atoms with Crippen molar-refractivity contribution in [3.8, 4) is 0 Å². The highest BCUT2D eigenvalue weighted by atomic mass is 35.5. The van der Waals surface area contributed by atoms with Gasteiger partial charge in [0.2, 0.25) is 0 Å². The van der Waals surface area contributed by atoms with Crippen LogP contribution in [0, 0.1) is 5.82 Å². The fourth-order valence-electron chi connectivity index (χ4n) is 1.60. The molecule has 1 aliphatic heterocycles. The van der Waals surface area contributed by atoms with Crippen LogP contribution in [0.4, 0.5) is 10.1 Å². The molecule has 5 heteroatoms. The normalized spacial score (nSPS) is 14.2. The second-order valence-corrected chi connectivity index (χ2v) is 3.72. The molecule has 0 saturated heterocycles. The zero-order valence-corrected chi connectivity index (χ0v) is 8.92. The van der Waals surface area contributed by atoms with Crippen LogP contribution in [0.3, 0.4) is 0 Å². The zero-order chi connectivity index (χ0) is 11.9. The summed E-state index contributed by atoms with van der Waals surface area (Å²) in [7, 11) is 0. The van der Waals surface area contributed by atoms with Crippen LogP contribution in [0.25, 0.3) is 0 Å². The summed E-state index contributed by atoms with van der Waals surface area (Å²) in [4.78, 5) is 24.2. The molecule has 1 heterocycles. The van der Waals surface area contributed by atoms with Crippen LogP contribution in [0.15, 0.2) is 24.8 Å². The smallest absolute Gasteiger partial charge is 0.299 e. The largest absolute Gasteiger partial charge is 0.301 e. The highest BCUT2D eigenvalue weighted by Crippen LogP contribution is 2.32. The second-order valence-electron chi connectivity index (χ2n) is 3.32. The highest BCUT2D eigenvalue weighted by molar-refractivity contribution is 6.52. The predicted octanol–water partition coefficient (Wildman–Crippen LogP) is 2.19. The summed E-state index contributed by atoms with van der Waals surface area (Å²) in [5, 5.41) is -0.166. The number of ketones is 1. The average Bonchev–Trinajstić information content (AvgIpc) is 2.46. The molecule has 1 aromatic carbocycles. The van der Waals surface area contributed by atoms with Crippen molar-refractivity contribution in [2.45, 2.75) is 0 Å². The molecule has 16 heavy (non-hydrogen) atoms. The number of carbonyl (C=O) groups excluding carboxylic acids is 2. The Hall–Kier alpha value is -1.68. The van der Waals surface area contributed by atoms with Crippen molar-refractivity contribution in [3.05, 3.63) is 41.2 Å². The molecular weight excluding hydrogens is 233 g/mol. The van der Waals surface area contributed by atoms with Gasteiger partial charge in [0, 0.05) is 6.54 Å². The van der Waals surface area contributed by atoms with Crippen LogP contribution in [0.1, 0.15) is 10.4 Å². The highest BCUT2D eigenvalue weighted by Gasteiger charge is 2.35. The molecule has 0 spiro atoms. The van der Waals surface area contributed by atoms with Crippen molar-refractivity contribution in [1.29, 1.82) is 0 Å². The summed E-state index contributed by atoms with van der Waals surface area (Å²) < 4.78 is 13.2. The number of halogens is 2.